The molecule has 69 heavy (non-hydrogen) atoms. The fourth-order valence-corrected chi connectivity index (χ4v) is 8.35. The number of aliphatic hydroxyl groups excluding tert-OH is 2. The normalized spacial score (nSPS) is 23.4. The predicted octanol–water partition coefficient (Wildman–Crippen LogP) is -11.9. The standard InChI is InChI=1S/C38H63N13O16S2/c1-16(2)10-21-33(63)50-24(31(61)43-12-26(55)45-19(30(39)60)7-8-27(56)57)14-68-69-15-25(44-18(4)54)36(66)46-20(6-5-9-42-38(40)41)32(62)49-23(13-52)35(65)47-22(11-28(58)59)34(64)51-29(17(3)53)37(67)48-21/h16-17,19-25,29,52-53H,5-15H2,1-4H3,(H2,39,60)(H,43,61)(H,44,54)(H,45,55)(H,46,66)(H,47,65)(H,48,67)(H,49,62)(H,50,63)(H,51,64)(H,56,57)(H,58,59)(H4,40,41,42)/p-1/t17-,19+,20+,21+,22+,23+,24+,25+,29+/m1/s1. The van der Waals surface area contributed by atoms with Crippen LogP contribution in [0.3, 0.4) is 0 Å². The number of nitrogens with two attached hydrogens (primary N) is 3. The smallest absolute Gasteiger partial charge is 0.338 e. The first kappa shape index (κ1) is 60.5. The maximum atomic E-state index is 13.9. The highest BCUT2D eigenvalue weighted by atomic mass is 33.1. The van der Waals surface area contributed by atoms with Crippen LogP contribution in [0.4, 0.5) is 0 Å². The molecule has 1 aliphatic rings. The van der Waals surface area contributed by atoms with Crippen LogP contribution >= 0.6 is 21.6 Å². The van der Waals surface area contributed by atoms with Gasteiger partial charge in [0.05, 0.1) is 25.8 Å². The van der Waals surface area contributed by atoms with E-state index in [1.54, 1.807) is 13.8 Å². The van der Waals surface area contributed by atoms with E-state index in [9.17, 15) is 78.0 Å². The maximum absolute atomic E-state index is 13.9. The van der Waals surface area contributed by atoms with Gasteiger partial charge in [-0.3, -0.25) is 64.4 Å². The Balaban J connectivity index is 3.81. The van der Waals surface area contributed by atoms with Crippen molar-refractivity contribution in [1.82, 2.24) is 47.9 Å². The van der Waals surface area contributed by atoms with Crippen LogP contribution in [0.2, 0.25) is 0 Å². The second-order valence-electron chi connectivity index (χ2n) is 15.9. The second kappa shape index (κ2) is 30.8. The molecule has 0 saturated carbocycles. The minimum Gasteiger partial charge on any atom is -0.550 e. The van der Waals surface area contributed by atoms with Crippen molar-refractivity contribution in [3.8, 4) is 0 Å². The first-order valence-electron chi connectivity index (χ1n) is 21.3. The topological polar surface area (TPSA) is 492 Å². The van der Waals surface area contributed by atoms with Crippen LogP contribution in [-0.2, 0) is 57.5 Å². The molecule has 29 nitrogen and oxygen atoms in total. The Hall–Kier alpha value is -6.47. The molecule has 31 heteroatoms. The van der Waals surface area contributed by atoms with Gasteiger partial charge in [0.1, 0.15) is 48.3 Å². The third-order valence-electron chi connectivity index (χ3n) is 9.47. The zero-order valence-corrected chi connectivity index (χ0v) is 39.8. The Bertz CT molecular complexity index is 1910. The van der Waals surface area contributed by atoms with Crippen LogP contribution in [0, 0.1) is 5.92 Å². The summed E-state index contributed by atoms with van der Waals surface area (Å²) in [6.45, 7) is 3.58. The summed E-state index contributed by atoms with van der Waals surface area (Å²) in [7, 11) is 1.77. The second-order valence-corrected chi connectivity index (χ2v) is 18.5. The van der Waals surface area contributed by atoms with Crippen LogP contribution in [-0.4, -0.2) is 173 Å². The minimum atomic E-state index is -2.07. The summed E-state index contributed by atoms with van der Waals surface area (Å²) < 4.78 is 0. The third kappa shape index (κ3) is 23.9. The number of carbonyl (C=O) groups is 12. The molecule has 0 radical (unpaired) electrons. The highest BCUT2D eigenvalue weighted by Gasteiger charge is 2.36. The molecule has 0 aromatic heterocycles. The van der Waals surface area contributed by atoms with E-state index in [-0.39, 0.29) is 49.2 Å². The lowest BCUT2D eigenvalue weighted by molar-refractivity contribution is -0.459. The zero-order valence-electron chi connectivity index (χ0n) is 38.2. The summed E-state index contributed by atoms with van der Waals surface area (Å²) in [4.78, 5) is 158. The molecule has 0 aromatic carbocycles. The number of primary amides is 1. The molecule has 1 aliphatic heterocycles. The fourth-order valence-electron chi connectivity index (χ4n) is 6.02. The van der Waals surface area contributed by atoms with Gasteiger partial charge in [-0.2, -0.15) is 0 Å². The SMILES string of the molecule is CC(=O)N[C@H]1CSSC[C@@H](C(=O)NCC(=O)N[C@@H](CCC(=O)[O-])C(N)=O)NC(=O)[C@H](CC(C)C)NC(=O)[C@H]([C@@H](C)O)NC(=O)[C@H](CC(=O)[O-])NC(=O)[C@H](CO)NC(=O)[C@H](CCC[NH+]=C(N)N)NC1=O. The van der Waals surface area contributed by atoms with Crippen molar-refractivity contribution >= 4 is 98.6 Å². The Labute approximate surface area is 403 Å². The van der Waals surface area contributed by atoms with Crippen molar-refractivity contribution in [3.05, 3.63) is 0 Å². The molecule has 10 amide bonds. The number of hydrogen-bond acceptors (Lipinski definition) is 18. The van der Waals surface area contributed by atoms with Crippen molar-refractivity contribution in [2.75, 3.05) is 31.2 Å². The molecule has 0 spiro atoms. The monoisotopic (exact) mass is 1020 g/mol. The van der Waals surface area contributed by atoms with Crippen molar-refractivity contribution in [2.45, 2.75) is 121 Å². The number of rotatable bonds is 19. The summed E-state index contributed by atoms with van der Waals surface area (Å²) in [5.41, 5.74) is 16.1. The number of aliphatic hydroxyl groups is 2. The van der Waals surface area contributed by atoms with Crippen LogP contribution in [0.15, 0.2) is 0 Å². The van der Waals surface area contributed by atoms with Gasteiger partial charge < -0.3 is 83.6 Å². The summed E-state index contributed by atoms with van der Waals surface area (Å²) in [6, 6.07) is -13.3. The first-order valence-corrected chi connectivity index (χ1v) is 23.7. The molecule has 0 bridgehead atoms. The molecule has 1 fully saturated rings. The van der Waals surface area contributed by atoms with Crippen LogP contribution < -0.4 is 80.3 Å². The van der Waals surface area contributed by atoms with E-state index < -0.39 is 158 Å². The third-order valence-corrected chi connectivity index (χ3v) is 11.9. The van der Waals surface area contributed by atoms with Crippen molar-refractivity contribution < 1.29 is 83.0 Å². The number of aliphatic carboxylic acids is 2. The van der Waals surface area contributed by atoms with Gasteiger partial charge in [-0.25, -0.2) is 0 Å². The van der Waals surface area contributed by atoms with E-state index in [1.165, 1.54) is 0 Å². The summed E-state index contributed by atoms with van der Waals surface area (Å²) in [6.07, 6.45) is -4.26. The average Bonchev–Trinajstić information content (AvgIpc) is 3.24. The molecule has 0 unspecified atom stereocenters. The molecule has 388 valence electrons. The van der Waals surface area contributed by atoms with E-state index >= 15 is 0 Å². The number of guanidine groups is 1. The molecule has 1 rings (SSSR count). The van der Waals surface area contributed by atoms with Gasteiger partial charge in [0, 0.05) is 36.8 Å². The average molecular weight is 1020 g/mol. The van der Waals surface area contributed by atoms with Gasteiger partial charge >= 0.3 is 5.96 Å². The quantitative estimate of drug-likeness (QED) is 0.0247. The van der Waals surface area contributed by atoms with Gasteiger partial charge in [-0.05, 0) is 44.9 Å². The van der Waals surface area contributed by atoms with Crippen molar-refractivity contribution in [3.63, 3.8) is 0 Å². The molecule has 0 aromatic rings. The number of carbonyl (C=O) groups excluding carboxylic acids is 12. The van der Waals surface area contributed by atoms with Crippen LogP contribution in [0.5, 0.6) is 0 Å². The Kier molecular flexibility index (Phi) is 27.0. The molecule has 9 atom stereocenters. The molecular formula is C38H62N13O16S2-. The molecular weight excluding hydrogens is 959 g/mol. The summed E-state index contributed by atoms with van der Waals surface area (Å²) in [5.74, 6) is -15.2. The molecule has 18 N–H and O–H groups in total. The van der Waals surface area contributed by atoms with Gasteiger partial charge in [-0.15, -0.1) is 0 Å². The Morgan fingerprint density at radius 1 is 0.768 bits per heavy atom. The van der Waals surface area contributed by atoms with Gasteiger partial charge in [0.2, 0.25) is 59.1 Å². The van der Waals surface area contributed by atoms with E-state index in [4.69, 9.17) is 17.2 Å². The fraction of sp³-hybridized carbons (Fsp3) is 0.658. The Morgan fingerprint density at radius 3 is 1.88 bits per heavy atom. The van der Waals surface area contributed by atoms with E-state index in [0.717, 1.165) is 35.4 Å². The van der Waals surface area contributed by atoms with E-state index in [2.05, 4.69) is 47.5 Å². The summed E-state index contributed by atoms with van der Waals surface area (Å²) >= 11 is 0. The lowest BCUT2D eigenvalue weighted by Gasteiger charge is -2.28. The lowest BCUT2D eigenvalue weighted by atomic mass is 10.0. The Morgan fingerprint density at radius 2 is 1.33 bits per heavy atom. The molecule has 1 saturated heterocycles. The van der Waals surface area contributed by atoms with E-state index in [0.29, 0.717) is 0 Å². The van der Waals surface area contributed by atoms with Gasteiger partial charge in [-0.1, -0.05) is 35.4 Å². The number of carboxylic acid groups (broad SMARTS) is 2. The van der Waals surface area contributed by atoms with Crippen molar-refractivity contribution in [2.24, 2.45) is 23.1 Å². The van der Waals surface area contributed by atoms with E-state index in [1.807, 2.05) is 5.32 Å². The zero-order chi connectivity index (χ0) is 52.5. The maximum Gasteiger partial charge on any atom is 0.338 e. The lowest BCUT2D eigenvalue weighted by Crippen LogP contribution is -2.78. The largest absolute Gasteiger partial charge is 0.550 e. The van der Waals surface area contributed by atoms with Gasteiger partial charge in [0.25, 0.3) is 0 Å². The number of nitrogens with one attached hydrogen (secondary N) is 10. The van der Waals surface area contributed by atoms with Crippen molar-refractivity contribution in [1.29, 1.82) is 0 Å². The number of amides is 10. The summed E-state index contributed by atoms with van der Waals surface area (Å²) in [5, 5.41) is 63.9. The first-order chi connectivity index (χ1) is 32.2. The number of hydrogen-bond donors (Lipinski definition) is 15. The molecule has 1 heterocycles. The highest BCUT2D eigenvalue weighted by Crippen LogP contribution is 2.24. The van der Waals surface area contributed by atoms with Crippen LogP contribution in [0.1, 0.15) is 66.2 Å². The predicted molar refractivity (Wildman–Crippen MR) is 239 cm³/mol. The van der Waals surface area contributed by atoms with Crippen LogP contribution in [0.25, 0.3) is 0 Å². The minimum absolute atomic E-state index is 0.0752. The molecule has 0 aliphatic carbocycles. The highest BCUT2D eigenvalue weighted by molar-refractivity contribution is 8.76. The number of carboxylic acids is 2. The van der Waals surface area contributed by atoms with Gasteiger partial charge in [0.15, 0.2) is 0 Å².